The van der Waals surface area contributed by atoms with E-state index in [9.17, 15) is 8.42 Å². The van der Waals surface area contributed by atoms with Gasteiger partial charge in [0.25, 0.3) is 10.2 Å². The van der Waals surface area contributed by atoms with Crippen molar-refractivity contribution in [1.29, 1.82) is 0 Å². The van der Waals surface area contributed by atoms with Crippen LogP contribution in [-0.4, -0.2) is 92.3 Å². The van der Waals surface area contributed by atoms with Gasteiger partial charge in [0.05, 0.1) is 0 Å². The number of rotatable bonds is 5. The summed E-state index contributed by atoms with van der Waals surface area (Å²) in [6.07, 6.45) is 3.22. The highest BCUT2D eigenvalue weighted by atomic mass is 32.2. The Labute approximate surface area is 136 Å². The summed E-state index contributed by atoms with van der Waals surface area (Å²) in [7, 11) is -1.15. The molecule has 0 radical (unpaired) electrons. The van der Waals surface area contributed by atoms with Gasteiger partial charge in [-0.05, 0) is 19.9 Å². The lowest BCUT2D eigenvalue weighted by molar-refractivity contribution is 0.0996. The minimum atomic E-state index is -3.30. The smallest absolute Gasteiger partial charge is 0.282 e. The molecular weight excluding hydrogens is 300 g/mol. The molecule has 0 unspecified atom stereocenters. The zero-order valence-electron chi connectivity index (χ0n) is 14.4. The van der Waals surface area contributed by atoms with Gasteiger partial charge in [-0.3, -0.25) is 4.90 Å². The lowest BCUT2D eigenvalue weighted by atomic mass is 10.1. The van der Waals surface area contributed by atoms with E-state index in [-0.39, 0.29) is 0 Å². The fourth-order valence-electron chi connectivity index (χ4n) is 3.49. The molecule has 0 saturated carbocycles. The monoisotopic (exact) mass is 332 g/mol. The van der Waals surface area contributed by atoms with Crippen LogP contribution in [0.3, 0.4) is 0 Å². The Morgan fingerprint density at radius 1 is 1.00 bits per heavy atom. The third-order valence-electron chi connectivity index (χ3n) is 5.02. The van der Waals surface area contributed by atoms with Crippen LogP contribution in [-0.2, 0) is 10.2 Å². The lowest BCUT2D eigenvalue weighted by Gasteiger charge is -2.39. The van der Waals surface area contributed by atoms with E-state index >= 15 is 0 Å². The summed E-state index contributed by atoms with van der Waals surface area (Å²) in [5.74, 6) is 0. The summed E-state index contributed by atoms with van der Waals surface area (Å²) in [6.45, 7) is 10.5. The molecular formula is C15H32N4O2S. The second-order valence-corrected chi connectivity index (χ2v) is 8.37. The molecule has 0 spiro atoms. The fourth-order valence-corrected chi connectivity index (χ4v) is 5.19. The molecule has 0 aromatic heterocycles. The van der Waals surface area contributed by atoms with Crippen LogP contribution in [0.25, 0.3) is 0 Å². The van der Waals surface area contributed by atoms with E-state index in [4.69, 9.17) is 0 Å². The van der Waals surface area contributed by atoms with Crippen LogP contribution in [0.5, 0.6) is 0 Å². The molecule has 2 heterocycles. The van der Waals surface area contributed by atoms with E-state index < -0.39 is 10.2 Å². The Hall–Kier alpha value is -0.210. The number of hydrogen-bond acceptors (Lipinski definition) is 4. The number of likely N-dealkylation sites (N-methyl/N-ethyl adjacent to an activating group) is 1. The van der Waals surface area contributed by atoms with Crippen molar-refractivity contribution in [2.45, 2.75) is 39.2 Å². The summed E-state index contributed by atoms with van der Waals surface area (Å²) in [5.41, 5.74) is 0. The van der Waals surface area contributed by atoms with E-state index in [1.54, 1.807) is 8.61 Å². The van der Waals surface area contributed by atoms with Gasteiger partial charge in [0.2, 0.25) is 0 Å². The third kappa shape index (κ3) is 4.20. The summed E-state index contributed by atoms with van der Waals surface area (Å²) in [4.78, 5) is 4.84. The molecule has 0 aromatic carbocycles. The van der Waals surface area contributed by atoms with Crippen molar-refractivity contribution in [3.8, 4) is 0 Å². The fraction of sp³-hybridized carbons (Fsp3) is 1.00. The molecule has 0 amide bonds. The molecule has 130 valence electrons. The summed E-state index contributed by atoms with van der Waals surface area (Å²) in [6, 6.07) is 0.376. The van der Waals surface area contributed by atoms with E-state index in [1.165, 1.54) is 0 Å². The lowest BCUT2D eigenvalue weighted by Crippen LogP contribution is -2.53. The number of piperazine rings is 1. The predicted molar refractivity (Wildman–Crippen MR) is 90.1 cm³/mol. The van der Waals surface area contributed by atoms with Gasteiger partial charge in [-0.1, -0.05) is 20.3 Å². The van der Waals surface area contributed by atoms with Crippen LogP contribution in [0.1, 0.15) is 33.1 Å². The van der Waals surface area contributed by atoms with Gasteiger partial charge >= 0.3 is 0 Å². The topological polar surface area (TPSA) is 47.1 Å². The van der Waals surface area contributed by atoms with Crippen molar-refractivity contribution in [3.63, 3.8) is 0 Å². The van der Waals surface area contributed by atoms with Crippen LogP contribution in [0.4, 0.5) is 0 Å². The van der Waals surface area contributed by atoms with Crippen LogP contribution < -0.4 is 0 Å². The summed E-state index contributed by atoms with van der Waals surface area (Å²) >= 11 is 0. The Morgan fingerprint density at radius 3 is 2.23 bits per heavy atom. The highest BCUT2D eigenvalue weighted by Crippen LogP contribution is 2.21. The van der Waals surface area contributed by atoms with Gasteiger partial charge in [-0.2, -0.15) is 17.0 Å². The standard InChI is InChI=1S/C15H32N4O2S/c1-4-18(5-2)22(20,21)19-9-7-6-8-15(14-19)17-12-10-16(3)11-13-17/h15H,4-14H2,1-3H3/t15-/m1/s1. The minimum absolute atomic E-state index is 0.376. The molecule has 2 aliphatic rings. The van der Waals surface area contributed by atoms with Crippen molar-refractivity contribution >= 4 is 10.2 Å². The number of hydrogen-bond donors (Lipinski definition) is 0. The van der Waals surface area contributed by atoms with Gasteiger partial charge < -0.3 is 4.90 Å². The van der Waals surface area contributed by atoms with Gasteiger partial charge in [-0.25, -0.2) is 0 Å². The molecule has 2 rings (SSSR count). The van der Waals surface area contributed by atoms with E-state index in [2.05, 4.69) is 16.8 Å². The molecule has 6 nitrogen and oxygen atoms in total. The highest BCUT2D eigenvalue weighted by Gasteiger charge is 2.33. The molecule has 2 aliphatic heterocycles. The van der Waals surface area contributed by atoms with Crippen LogP contribution in [0, 0.1) is 0 Å². The van der Waals surface area contributed by atoms with E-state index in [0.29, 0.717) is 32.2 Å². The zero-order chi connectivity index (χ0) is 16.2. The molecule has 2 fully saturated rings. The van der Waals surface area contributed by atoms with Gasteiger partial charge in [0.1, 0.15) is 0 Å². The zero-order valence-corrected chi connectivity index (χ0v) is 15.2. The quantitative estimate of drug-likeness (QED) is 0.743. The van der Waals surface area contributed by atoms with Crippen molar-refractivity contribution in [2.75, 3.05) is 59.4 Å². The van der Waals surface area contributed by atoms with Crippen LogP contribution >= 0.6 is 0 Å². The van der Waals surface area contributed by atoms with Crippen LogP contribution in [0.15, 0.2) is 0 Å². The van der Waals surface area contributed by atoms with Crippen LogP contribution in [0.2, 0.25) is 0 Å². The molecule has 1 atom stereocenters. The second kappa shape index (κ2) is 8.06. The number of nitrogens with zero attached hydrogens (tertiary/aromatic N) is 4. The van der Waals surface area contributed by atoms with Gasteiger partial charge in [-0.15, -0.1) is 0 Å². The first-order valence-corrected chi connectivity index (χ1v) is 10.1. The Morgan fingerprint density at radius 2 is 1.64 bits per heavy atom. The predicted octanol–water partition coefficient (Wildman–Crippen LogP) is 0.675. The average Bonchev–Trinajstić information content (AvgIpc) is 2.75. The van der Waals surface area contributed by atoms with E-state index in [0.717, 1.165) is 45.4 Å². The maximum Gasteiger partial charge on any atom is 0.282 e. The SMILES string of the molecule is CCN(CC)S(=O)(=O)N1CCCC[C@@H](N2CCN(C)CC2)C1. The second-order valence-electron chi connectivity index (χ2n) is 6.44. The maximum atomic E-state index is 12.8. The first-order valence-electron chi connectivity index (χ1n) is 8.66. The largest absolute Gasteiger partial charge is 0.304 e. The molecule has 0 aliphatic carbocycles. The Kier molecular flexibility index (Phi) is 6.64. The third-order valence-corrected chi connectivity index (χ3v) is 7.17. The van der Waals surface area contributed by atoms with Crippen molar-refractivity contribution in [2.24, 2.45) is 0 Å². The molecule has 2 saturated heterocycles. The first-order chi connectivity index (χ1) is 10.5. The molecule has 0 bridgehead atoms. The first kappa shape index (κ1) is 18.1. The van der Waals surface area contributed by atoms with E-state index in [1.807, 2.05) is 13.8 Å². The highest BCUT2D eigenvalue weighted by molar-refractivity contribution is 7.86. The molecule has 7 heteroatoms. The summed E-state index contributed by atoms with van der Waals surface area (Å²) in [5, 5.41) is 0. The molecule has 0 N–H and O–H groups in total. The van der Waals surface area contributed by atoms with Crippen molar-refractivity contribution in [3.05, 3.63) is 0 Å². The molecule has 0 aromatic rings. The normalized spacial score (nSPS) is 27.2. The van der Waals surface area contributed by atoms with Gasteiger partial charge in [0.15, 0.2) is 0 Å². The maximum absolute atomic E-state index is 12.8. The summed E-state index contributed by atoms with van der Waals surface area (Å²) < 4.78 is 28.9. The van der Waals surface area contributed by atoms with Gasteiger partial charge in [0, 0.05) is 58.4 Å². The van der Waals surface area contributed by atoms with Crippen molar-refractivity contribution < 1.29 is 8.42 Å². The molecule has 22 heavy (non-hydrogen) atoms. The minimum Gasteiger partial charge on any atom is -0.304 e. The Balaban J connectivity index is 2.06. The van der Waals surface area contributed by atoms with Crippen molar-refractivity contribution in [1.82, 2.24) is 18.4 Å². The Bertz CT molecular complexity index is 431. The average molecular weight is 333 g/mol.